The van der Waals surface area contributed by atoms with Crippen molar-refractivity contribution >= 4 is 33.2 Å². The maximum atomic E-state index is 12.4. The number of aromatic nitrogens is 2. The van der Waals surface area contributed by atoms with Crippen LogP contribution < -0.4 is 9.47 Å². The van der Waals surface area contributed by atoms with E-state index in [4.69, 9.17) is 14.0 Å². The lowest BCUT2D eigenvalue weighted by Crippen LogP contribution is -2.03. The summed E-state index contributed by atoms with van der Waals surface area (Å²) in [7, 11) is 1.32. The zero-order valence-corrected chi connectivity index (χ0v) is 16.1. The number of nitrogens with zero attached hydrogens (tertiary/aromatic N) is 2. The van der Waals surface area contributed by atoms with Crippen LogP contribution in [0, 0.1) is 0 Å². The van der Waals surface area contributed by atoms with E-state index in [0.29, 0.717) is 10.4 Å². The maximum Gasteiger partial charge on any atom is 0.387 e. The quantitative estimate of drug-likeness (QED) is 0.478. The lowest BCUT2D eigenvalue weighted by Gasteiger charge is -2.10. The van der Waals surface area contributed by atoms with Crippen molar-refractivity contribution in [2.75, 3.05) is 7.11 Å². The predicted octanol–water partition coefficient (Wildman–Crippen LogP) is 4.53. The van der Waals surface area contributed by atoms with E-state index in [1.165, 1.54) is 36.6 Å². The van der Waals surface area contributed by atoms with Crippen molar-refractivity contribution < 1.29 is 32.3 Å². The molecular weight excluding hydrogens is 450 g/mol. The first-order chi connectivity index (χ1) is 13.0. The largest absolute Gasteiger partial charge is 0.493 e. The summed E-state index contributed by atoms with van der Waals surface area (Å²) >= 11 is 4.50. The molecule has 2 aromatic heterocycles. The highest BCUT2D eigenvalue weighted by atomic mass is 79.9. The van der Waals surface area contributed by atoms with Crippen LogP contribution in [-0.4, -0.2) is 29.8 Å². The van der Waals surface area contributed by atoms with E-state index >= 15 is 0 Å². The number of methoxy groups -OCH3 is 1. The SMILES string of the molecule is COc1cc(-c2noc(COC(=O)c3ccc(Br)s3)n2)ccc1OC(F)F. The highest BCUT2D eigenvalue weighted by molar-refractivity contribution is 9.11. The summed E-state index contributed by atoms with van der Waals surface area (Å²) < 4.78 is 45.1. The fourth-order valence-electron chi connectivity index (χ4n) is 2.05. The number of hydrogen-bond donors (Lipinski definition) is 0. The summed E-state index contributed by atoms with van der Waals surface area (Å²) in [5.41, 5.74) is 0.456. The minimum Gasteiger partial charge on any atom is -0.493 e. The first-order valence-electron chi connectivity index (χ1n) is 7.34. The van der Waals surface area contributed by atoms with Gasteiger partial charge in [-0.25, -0.2) is 4.79 Å². The predicted molar refractivity (Wildman–Crippen MR) is 94.1 cm³/mol. The Morgan fingerprint density at radius 3 is 2.78 bits per heavy atom. The van der Waals surface area contributed by atoms with Gasteiger partial charge in [0.2, 0.25) is 5.82 Å². The van der Waals surface area contributed by atoms with E-state index in [-0.39, 0.29) is 29.8 Å². The summed E-state index contributed by atoms with van der Waals surface area (Å²) in [5, 5.41) is 3.78. The Balaban J connectivity index is 1.69. The molecule has 27 heavy (non-hydrogen) atoms. The number of carbonyl (C=O) groups excluding carboxylic acids is 1. The minimum atomic E-state index is -2.97. The molecule has 0 unspecified atom stereocenters. The fourth-order valence-corrected chi connectivity index (χ4v) is 3.33. The zero-order valence-electron chi connectivity index (χ0n) is 13.6. The highest BCUT2D eigenvalue weighted by Gasteiger charge is 2.16. The van der Waals surface area contributed by atoms with Crippen molar-refractivity contribution in [2.45, 2.75) is 13.2 Å². The number of halogens is 3. The number of ether oxygens (including phenoxy) is 3. The number of rotatable bonds is 7. The van der Waals surface area contributed by atoms with E-state index in [1.54, 1.807) is 12.1 Å². The number of hydrogen-bond acceptors (Lipinski definition) is 8. The van der Waals surface area contributed by atoms with Gasteiger partial charge in [-0.15, -0.1) is 11.3 Å². The number of thiophene rings is 1. The third-order valence-corrected chi connectivity index (χ3v) is 4.81. The molecule has 7 nitrogen and oxygen atoms in total. The number of benzene rings is 1. The van der Waals surface area contributed by atoms with Crippen LogP contribution in [0.25, 0.3) is 11.4 Å². The average Bonchev–Trinajstić information content (AvgIpc) is 3.28. The molecule has 0 saturated heterocycles. The molecule has 0 saturated carbocycles. The van der Waals surface area contributed by atoms with Crippen LogP contribution in [0.2, 0.25) is 0 Å². The highest BCUT2D eigenvalue weighted by Crippen LogP contribution is 2.32. The molecule has 0 N–H and O–H groups in total. The Labute approximate surface area is 164 Å². The van der Waals surface area contributed by atoms with E-state index in [0.717, 1.165) is 3.79 Å². The molecule has 0 aliphatic rings. The van der Waals surface area contributed by atoms with Crippen LogP contribution in [0.15, 0.2) is 38.6 Å². The first kappa shape index (κ1) is 19.2. The van der Waals surface area contributed by atoms with Gasteiger partial charge in [-0.3, -0.25) is 0 Å². The fraction of sp³-hybridized carbons (Fsp3) is 0.188. The van der Waals surface area contributed by atoms with Crippen molar-refractivity contribution in [3.63, 3.8) is 0 Å². The molecule has 3 aromatic rings. The molecule has 3 rings (SSSR count). The molecule has 0 aliphatic heterocycles. The lowest BCUT2D eigenvalue weighted by molar-refractivity contribution is -0.0512. The van der Waals surface area contributed by atoms with Crippen LogP contribution in [0.1, 0.15) is 15.6 Å². The van der Waals surface area contributed by atoms with Gasteiger partial charge in [0, 0.05) is 5.56 Å². The van der Waals surface area contributed by atoms with Crippen LogP contribution in [0.4, 0.5) is 8.78 Å². The second kappa shape index (κ2) is 8.44. The van der Waals surface area contributed by atoms with E-state index in [1.807, 2.05) is 0 Å². The zero-order chi connectivity index (χ0) is 19.4. The van der Waals surface area contributed by atoms with Gasteiger partial charge >= 0.3 is 12.6 Å². The third kappa shape index (κ3) is 4.80. The normalized spacial score (nSPS) is 10.9. The molecule has 0 amide bonds. The Kier molecular flexibility index (Phi) is 6.01. The number of alkyl halides is 2. The topological polar surface area (TPSA) is 83.7 Å². The van der Waals surface area contributed by atoms with E-state index in [9.17, 15) is 13.6 Å². The van der Waals surface area contributed by atoms with Crippen molar-refractivity contribution in [1.29, 1.82) is 0 Å². The molecular formula is C16H11BrF2N2O5S. The van der Waals surface area contributed by atoms with E-state index in [2.05, 4.69) is 30.8 Å². The Morgan fingerprint density at radius 1 is 1.30 bits per heavy atom. The molecule has 0 aliphatic carbocycles. The molecule has 0 fully saturated rings. The monoisotopic (exact) mass is 460 g/mol. The van der Waals surface area contributed by atoms with Crippen molar-refractivity contribution in [2.24, 2.45) is 0 Å². The van der Waals surface area contributed by atoms with Crippen LogP contribution >= 0.6 is 27.3 Å². The van der Waals surface area contributed by atoms with Gasteiger partial charge in [-0.05, 0) is 46.3 Å². The molecule has 11 heteroatoms. The summed E-state index contributed by atoms with van der Waals surface area (Å²) in [6.07, 6.45) is 0. The molecule has 0 radical (unpaired) electrons. The summed E-state index contributed by atoms with van der Waals surface area (Å²) in [4.78, 5) is 16.4. The summed E-state index contributed by atoms with van der Waals surface area (Å²) in [6.45, 7) is -3.18. The molecule has 1 aromatic carbocycles. The van der Waals surface area contributed by atoms with Gasteiger partial charge in [0.1, 0.15) is 4.88 Å². The molecule has 2 heterocycles. The molecule has 0 atom stereocenters. The number of carbonyl (C=O) groups is 1. The molecule has 142 valence electrons. The minimum absolute atomic E-state index is 0.0841. The third-order valence-electron chi connectivity index (χ3n) is 3.21. The van der Waals surface area contributed by atoms with Crippen molar-refractivity contribution in [1.82, 2.24) is 10.1 Å². The second-order valence-corrected chi connectivity index (χ2v) is 7.40. The summed E-state index contributed by atoms with van der Waals surface area (Å²) in [5.74, 6) is -0.270. The van der Waals surface area contributed by atoms with Gasteiger partial charge in [0.05, 0.1) is 10.9 Å². The van der Waals surface area contributed by atoms with Crippen molar-refractivity contribution in [3.8, 4) is 22.9 Å². The Morgan fingerprint density at radius 2 is 2.11 bits per heavy atom. The Bertz CT molecular complexity index is 947. The lowest BCUT2D eigenvalue weighted by atomic mass is 10.2. The van der Waals surface area contributed by atoms with Gasteiger partial charge in [0.25, 0.3) is 5.89 Å². The Hall–Kier alpha value is -2.53. The molecule has 0 spiro atoms. The maximum absolute atomic E-state index is 12.4. The standard InChI is InChI=1S/C16H11BrF2N2O5S/c1-23-10-6-8(2-3-9(10)25-16(18)19)14-20-13(26-21-14)7-24-15(22)11-4-5-12(17)27-11/h2-6,16H,7H2,1H3. The van der Waals surface area contributed by atoms with Crippen LogP contribution in [0.3, 0.4) is 0 Å². The molecule has 0 bridgehead atoms. The van der Waals surface area contributed by atoms with Crippen molar-refractivity contribution in [3.05, 3.63) is 44.9 Å². The average molecular weight is 461 g/mol. The van der Waals surface area contributed by atoms with Crippen LogP contribution in [0.5, 0.6) is 11.5 Å². The smallest absolute Gasteiger partial charge is 0.387 e. The van der Waals surface area contributed by atoms with Gasteiger partial charge in [-0.2, -0.15) is 13.8 Å². The van der Waals surface area contributed by atoms with Gasteiger partial charge in [-0.1, -0.05) is 5.16 Å². The van der Waals surface area contributed by atoms with E-state index < -0.39 is 12.6 Å². The summed E-state index contributed by atoms with van der Waals surface area (Å²) in [6, 6.07) is 7.59. The first-order valence-corrected chi connectivity index (χ1v) is 8.95. The van der Waals surface area contributed by atoms with Gasteiger partial charge < -0.3 is 18.7 Å². The van der Waals surface area contributed by atoms with Gasteiger partial charge in [0.15, 0.2) is 18.1 Å². The second-order valence-electron chi connectivity index (χ2n) is 4.94. The van der Waals surface area contributed by atoms with Crippen LogP contribution in [-0.2, 0) is 11.3 Å². The number of esters is 1.